The topological polar surface area (TPSA) is 93.5 Å². The maximum absolute atomic E-state index is 13.2. The van der Waals surface area contributed by atoms with E-state index in [1.54, 1.807) is 18.5 Å². The molecule has 0 bridgehead atoms. The summed E-state index contributed by atoms with van der Waals surface area (Å²) >= 11 is 0. The Morgan fingerprint density at radius 2 is 1.86 bits per heavy atom. The van der Waals surface area contributed by atoms with Gasteiger partial charge in [0.05, 0.1) is 17.7 Å². The molecule has 0 aliphatic rings. The van der Waals surface area contributed by atoms with E-state index in [2.05, 4.69) is 10.4 Å². The molecule has 29 heavy (non-hydrogen) atoms. The number of aromatic nitrogens is 2. The van der Waals surface area contributed by atoms with Crippen LogP contribution < -0.4 is 10.1 Å². The summed E-state index contributed by atoms with van der Waals surface area (Å²) in [5, 5.41) is 6.99. The van der Waals surface area contributed by atoms with E-state index in [0.717, 1.165) is 9.87 Å². The highest BCUT2D eigenvalue weighted by Crippen LogP contribution is 2.30. The molecule has 0 radical (unpaired) electrons. The molecule has 1 amide bonds. The van der Waals surface area contributed by atoms with Gasteiger partial charge in [-0.1, -0.05) is 30.3 Å². The number of rotatable bonds is 7. The number of sulfonamides is 1. The minimum absolute atomic E-state index is 0.0500. The molecule has 0 aliphatic heterocycles. The highest BCUT2D eigenvalue weighted by Gasteiger charge is 2.25. The second-order valence-electron chi connectivity index (χ2n) is 6.44. The molecule has 0 saturated heterocycles. The van der Waals surface area contributed by atoms with E-state index in [4.69, 9.17) is 4.74 Å². The highest BCUT2D eigenvalue weighted by atomic mass is 32.2. The summed E-state index contributed by atoms with van der Waals surface area (Å²) in [5.74, 6) is -0.0269. The van der Waals surface area contributed by atoms with Crippen molar-refractivity contribution in [3.05, 3.63) is 72.6 Å². The monoisotopic (exact) mass is 414 g/mol. The van der Waals surface area contributed by atoms with Gasteiger partial charge in [0, 0.05) is 26.5 Å². The Bertz CT molecular complexity index is 1080. The summed E-state index contributed by atoms with van der Waals surface area (Å²) in [7, 11) is 0.676. The molecule has 1 atom stereocenters. The van der Waals surface area contributed by atoms with E-state index in [-0.39, 0.29) is 16.5 Å². The Kier molecular flexibility index (Phi) is 6.00. The van der Waals surface area contributed by atoms with Crippen LogP contribution in [0, 0.1) is 0 Å². The maximum atomic E-state index is 13.2. The molecule has 1 unspecified atom stereocenters. The SMILES string of the molecule is COc1ccc(S(=O)(=O)N(C)C)cc1NC(=O)C(c1ccccc1)n1cccn1. The largest absolute Gasteiger partial charge is 0.495 e. The minimum Gasteiger partial charge on any atom is -0.495 e. The zero-order valence-electron chi connectivity index (χ0n) is 16.3. The van der Waals surface area contributed by atoms with E-state index >= 15 is 0 Å². The fraction of sp³-hybridized carbons (Fsp3) is 0.200. The van der Waals surface area contributed by atoms with Gasteiger partial charge in [-0.05, 0) is 29.8 Å². The molecule has 0 aliphatic carbocycles. The van der Waals surface area contributed by atoms with Crippen molar-refractivity contribution < 1.29 is 17.9 Å². The second-order valence-corrected chi connectivity index (χ2v) is 8.59. The van der Waals surface area contributed by atoms with Gasteiger partial charge in [-0.2, -0.15) is 5.10 Å². The molecule has 152 valence electrons. The molecule has 1 heterocycles. The van der Waals surface area contributed by atoms with Crippen LogP contribution in [0.1, 0.15) is 11.6 Å². The van der Waals surface area contributed by atoms with Crippen molar-refractivity contribution in [3.8, 4) is 5.75 Å². The smallest absolute Gasteiger partial charge is 0.253 e. The average molecular weight is 414 g/mol. The first-order valence-electron chi connectivity index (χ1n) is 8.80. The normalized spacial score (nSPS) is 12.6. The van der Waals surface area contributed by atoms with Crippen molar-refractivity contribution >= 4 is 21.6 Å². The number of nitrogens with zero attached hydrogens (tertiary/aromatic N) is 3. The number of benzene rings is 2. The third-order valence-electron chi connectivity index (χ3n) is 4.36. The average Bonchev–Trinajstić information content (AvgIpc) is 3.23. The predicted molar refractivity (Wildman–Crippen MR) is 109 cm³/mol. The predicted octanol–water partition coefficient (Wildman–Crippen LogP) is 2.37. The molecule has 8 nitrogen and oxygen atoms in total. The second kappa shape index (κ2) is 8.46. The summed E-state index contributed by atoms with van der Waals surface area (Å²) in [5.41, 5.74) is 0.998. The van der Waals surface area contributed by atoms with Gasteiger partial charge < -0.3 is 10.1 Å². The zero-order chi connectivity index (χ0) is 21.0. The Hall–Kier alpha value is -3.17. The van der Waals surface area contributed by atoms with Crippen LogP contribution in [0.3, 0.4) is 0 Å². The van der Waals surface area contributed by atoms with Gasteiger partial charge in [0.25, 0.3) is 5.91 Å². The van der Waals surface area contributed by atoms with Crippen molar-refractivity contribution in [2.75, 3.05) is 26.5 Å². The van der Waals surface area contributed by atoms with Crippen LogP contribution in [0.25, 0.3) is 0 Å². The van der Waals surface area contributed by atoms with E-state index < -0.39 is 16.1 Å². The third kappa shape index (κ3) is 4.30. The molecule has 1 aromatic heterocycles. The van der Waals surface area contributed by atoms with E-state index in [9.17, 15) is 13.2 Å². The zero-order valence-corrected chi connectivity index (χ0v) is 17.1. The van der Waals surface area contributed by atoms with Gasteiger partial charge in [-0.25, -0.2) is 12.7 Å². The molecular formula is C20H22N4O4S. The lowest BCUT2D eigenvalue weighted by atomic mass is 10.1. The minimum atomic E-state index is -3.67. The van der Waals surface area contributed by atoms with Crippen LogP contribution in [0.2, 0.25) is 0 Å². The van der Waals surface area contributed by atoms with Gasteiger partial charge >= 0.3 is 0 Å². The van der Waals surface area contributed by atoms with Crippen LogP contribution in [0.5, 0.6) is 5.75 Å². The molecule has 2 aromatic carbocycles. The number of hydrogen-bond donors (Lipinski definition) is 1. The van der Waals surface area contributed by atoms with Crippen LogP contribution in [0.15, 0.2) is 71.9 Å². The number of ether oxygens (including phenoxy) is 1. The number of amides is 1. The molecular weight excluding hydrogens is 392 g/mol. The number of methoxy groups -OCH3 is 1. The van der Waals surface area contributed by atoms with Crippen molar-refractivity contribution in [1.29, 1.82) is 0 Å². The van der Waals surface area contributed by atoms with Gasteiger partial charge in [0.1, 0.15) is 5.75 Å². The fourth-order valence-electron chi connectivity index (χ4n) is 2.85. The first-order chi connectivity index (χ1) is 13.8. The summed E-state index contributed by atoms with van der Waals surface area (Å²) in [6.45, 7) is 0. The summed E-state index contributed by atoms with van der Waals surface area (Å²) in [6, 6.07) is 14.5. The number of nitrogens with one attached hydrogen (secondary N) is 1. The van der Waals surface area contributed by atoms with Crippen molar-refractivity contribution in [3.63, 3.8) is 0 Å². The molecule has 1 N–H and O–H groups in total. The lowest BCUT2D eigenvalue weighted by molar-refractivity contribution is -0.118. The number of anilines is 1. The van der Waals surface area contributed by atoms with Crippen LogP contribution in [-0.4, -0.2) is 49.6 Å². The molecule has 3 aromatic rings. The Morgan fingerprint density at radius 3 is 2.45 bits per heavy atom. The maximum Gasteiger partial charge on any atom is 0.253 e. The molecule has 9 heteroatoms. The summed E-state index contributed by atoms with van der Waals surface area (Å²) < 4.78 is 32.9. The summed E-state index contributed by atoms with van der Waals surface area (Å²) in [6.07, 6.45) is 3.29. The Balaban J connectivity index is 2.00. The fourth-order valence-corrected chi connectivity index (χ4v) is 3.78. The summed E-state index contributed by atoms with van der Waals surface area (Å²) in [4.78, 5) is 13.2. The quantitative estimate of drug-likeness (QED) is 0.641. The number of carbonyl (C=O) groups is 1. The Morgan fingerprint density at radius 1 is 1.14 bits per heavy atom. The van der Waals surface area contributed by atoms with Crippen LogP contribution in [0.4, 0.5) is 5.69 Å². The van der Waals surface area contributed by atoms with E-state index in [0.29, 0.717) is 5.75 Å². The molecule has 0 spiro atoms. The van der Waals surface area contributed by atoms with Crippen molar-refractivity contribution in [1.82, 2.24) is 14.1 Å². The Labute approximate surface area is 169 Å². The van der Waals surface area contributed by atoms with Crippen molar-refractivity contribution in [2.45, 2.75) is 10.9 Å². The van der Waals surface area contributed by atoms with Gasteiger partial charge in [0.2, 0.25) is 10.0 Å². The van der Waals surface area contributed by atoms with Gasteiger partial charge in [-0.3, -0.25) is 9.48 Å². The lowest BCUT2D eigenvalue weighted by Crippen LogP contribution is -2.28. The van der Waals surface area contributed by atoms with Crippen LogP contribution in [-0.2, 0) is 14.8 Å². The molecule has 3 rings (SSSR count). The standard InChI is InChI=1S/C20H22N4O4S/c1-23(2)29(26,27)16-10-11-18(28-3)17(14-16)22-20(25)19(24-13-7-12-21-24)15-8-5-4-6-9-15/h4-14,19H,1-3H3,(H,22,25). The van der Waals surface area contributed by atoms with E-state index in [1.807, 2.05) is 30.3 Å². The van der Waals surface area contributed by atoms with E-state index in [1.165, 1.54) is 44.1 Å². The van der Waals surface area contributed by atoms with Gasteiger partial charge in [0.15, 0.2) is 6.04 Å². The first kappa shape index (κ1) is 20.6. The lowest BCUT2D eigenvalue weighted by Gasteiger charge is -2.20. The van der Waals surface area contributed by atoms with Crippen molar-refractivity contribution in [2.24, 2.45) is 0 Å². The van der Waals surface area contributed by atoms with Crippen LogP contribution >= 0.6 is 0 Å². The molecule has 0 saturated carbocycles. The van der Waals surface area contributed by atoms with Gasteiger partial charge in [-0.15, -0.1) is 0 Å². The third-order valence-corrected chi connectivity index (χ3v) is 6.17. The number of hydrogen-bond acceptors (Lipinski definition) is 5. The first-order valence-corrected chi connectivity index (χ1v) is 10.2. The number of carbonyl (C=O) groups excluding carboxylic acids is 1. The highest BCUT2D eigenvalue weighted by molar-refractivity contribution is 7.89. The molecule has 0 fully saturated rings.